The number of likely N-dealkylation sites (tertiary alicyclic amines) is 1. The fourth-order valence-electron chi connectivity index (χ4n) is 2.81. The molecule has 118 valence electrons. The molecule has 0 aromatic carbocycles. The van der Waals surface area contributed by atoms with E-state index in [1.807, 2.05) is 4.90 Å². The normalized spacial score (nSPS) is 26.6. The average Bonchev–Trinajstić information content (AvgIpc) is 2.47. The van der Waals surface area contributed by atoms with Gasteiger partial charge in [0.25, 0.3) is 0 Å². The van der Waals surface area contributed by atoms with Gasteiger partial charge in [0.15, 0.2) is 0 Å². The number of nitrogens with zero attached hydrogens (tertiary/aromatic N) is 1. The first kappa shape index (κ1) is 16.1. The van der Waals surface area contributed by atoms with Gasteiger partial charge in [-0.2, -0.15) is 0 Å². The van der Waals surface area contributed by atoms with Crippen molar-refractivity contribution in [1.29, 1.82) is 0 Å². The third-order valence-corrected chi connectivity index (χ3v) is 4.56. The van der Waals surface area contributed by atoms with Gasteiger partial charge in [-0.05, 0) is 36.8 Å². The Morgan fingerprint density at radius 2 is 2.05 bits per heavy atom. The highest BCUT2D eigenvalue weighted by molar-refractivity contribution is 5.73. The first-order valence-electron chi connectivity index (χ1n) is 8.08. The zero-order valence-electron chi connectivity index (χ0n) is 13.5. The summed E-state index contributed by atoms with van der Waals surface area (Å²) >= 11 is 0. The molecule has 1 aliphatic carbocycles. The van der Waals surface area contributed by atoms with Crippen LogP contribution < -0.4 is 5.32 Å². The van der Waals surface area contributed by atoms with Crippen molar-refractivity contribution >= 4 is 5.91 Å². The molecule has 1 fully saturated rings. The number of carbonyl (C=O) groups is 1. The first-order chi connectivity index (χ1) is 10.1. The van der Waals surface area contributed by atoms with Gasteiger partial charge in [-0.25, -0.2) is 0 Å². The van der Waals surface area contributed by atoms with E-state index >= 15 is 0 Å². The Balaban J connectivity index is 1.60. The molecule has 0 spiro atoms. The minimum Gasteiger partial charge on any atom is -0.493 e. The molecule has 2 rings (SSSR count). The minimum absolute atomic E-state index is 0.191. The fourth-order valence-corrected chi connectivity index (χ4v) is 2.81. The summed E-state index contributed by atoms with van der Waals surface area (Å²) in [6.07, 6.45) is 8.57. The fraction of sp³-hybridized carbons (Fsp3) is 0.706. The van der Waals surface area contributed by atoms with Crippen molar-refractivity contribution in [3.05, 3.63) is 24.0 Å². The second kappa shape index (κ2) is 7.64. The number of nitrogens with one attached hydrogen (secondary N) is 1. The van der Waals surface area contributed by atoms with Crippen LogP contribution in [0.5, 0.6) is 0 Å². The minimum atomic E-state index is 0.191. The van der Waals surface area contributed by atoms with Crippen LogP contribution in [0.3, 0.4) is 0 Å². The molecule has 1 saturated heterocycles. The number of hydrogen-bond acceptors (Lipinski definition) is 3. The summed E-state index contributed by atoms with van der Waals surface area (Å²) in [7, 11) is 0. The van der Waals surface area contributed by atoms with E-state index in [0.717, 1.165) is 38.2 Å². The molecule has 2 atom stereocenters. The lowest BCUT2D eigenvalue weighted by Crippen LogP contribution is -2.44. The zero-order chi connectivity index (χ0) is 15.2. The summed E-state index contributed by atoms with van der Waals surface area (Å²) in [6, 6.07) is 0.513. The summed E-state index contributed by atoms with van der Waals surface area (Å²) in [5.74, 6) is 2.33. The predicted molar refractivity (Wildman–Crippen MR) is 84.8 cm³/mol. The van der Waals surface area contributed by atoms with E-state index in [1.54, 1.807) is 6.92 Å². The number of ether oxygens (including phenoxy) is 1. The Hall–Kier alpha value is -1.29. The van der Waals surface area contributed by atoms with E-state index in [9.17, 15) is 4.79 Å². The Morgan fingerprint density at radius 1 is 1.33 bits per heavy atom. The molecule has 0 aromatic rings. The molecule has 0 bridgehead atoms. The van der Waals surface area contributed by atoms with Crippen LogP contribution in [0.2, 0.25) is 0 Å². The lowest BCUT2D eigenvalue weighted by Gasteiger charge is -2.31. The molecule has 0 aromatic heterocycles. The van der Waals surface area contributed by atoms with Gasteiger partial charge in [0.05, 0.1) is 0 Å². The van der Waals surface area contributed by atoms with Gasteiger partial charge in [0, 0.05) is 32.6 Å². The van der Waals surface area contributed by atoms with Gasteiger partial charge < -0.3 is 15.0 Å². The third kappa shape index (κ3) is 4.88. The summed E-state index contributed by atoms with van der Waals surface area (Å²) in [5, 5.41) is 3.53. The van der Waals surface area contributed by atoms with Crippen molar-refractivity contribution in [2.45, 2.75) is 39.7 Å². The van der Waals surface area contributed by atoms with Crippen LogP contribution in [0.25, 0.3) is 0 Å². The number of allylic oxidation sites excluding steroid dienone is 3. The summed E-state index contributed by atoms with van der Waals surface area (Å²) in [4.78, 5) is 13.2. The highest BCUT2D eigenvalue weighted by atomic mass is 16.5. The molecule has 1 heterocycles. The van der Waals surface area contributed by atoms with E-state index in [-0.39, 0.29) is 5.91 Å². The Kier molecular flexibility index (Phi) is 5.85. The van der Waals surface area contributed by atoms with Crippen molar-refractivity contribution in [3.63, 3.8) is 0 Å². The molecule has 4 heteroatoms. The maximum atomic E-state index is 11.3. The van der Waals surface area contributed by atoms with Crippen molar-refractivity contribution in [2.75, 3.05) is 26.2 Å². The number of amides is 1. The molecule has 1 amide bonds. The molecule has 1 aliphatic heterocycles. The van der Waals surface area contributed by atoms with Crippen molar-refractivity contribution in [2.24, 2.45) is 11.8 Å². The summed E-state index contributed by atoms with van der Waals surface area (Å²) in [5.41, 5.74) is 0. The largest absolute Gasteiger partial charge is 0.493 e. The summed E-state index contributed by atoms with van der Waals surface area (Å²) in [6.45, 7) is 9.40. The molecule has 2 aliphatic rings. The van der Waals surface area contributed by atoms with Crippen LogP contribution >= 0.6 is 0 Å². The maximum Gasteiger partial charge on any atom is 0.219 e. The number of carbonyl (C=O) groups excluding carboxylic acids is 1. The predicted octanol–water partition coefficient (Wildman–Crippen LogP) is 2.33. The van der Waals surface area contributed by atoms with Crippen LogP contribution in [-0.2, 0) is 9.53 Å². The Morgan fingerprint density at radius 3 is 2.67 bits per heavy atom. The first-order valence-corrected chi connectivity index (χ1v) is 8.08. The van der Waals surface area contributed by atoms with E-state index in [4.69, 9.17) is 4.74 Å². The second-order valence-corrected chi connectivity index (χ2v) is 6.23. The van der Waals surface area contributed by atoms with Crippen LogP contribution in [0.15, 0.2) is 24.0 Å². The molecular formula is C17H28N2O2. The lowest BCUT2D eigenvalue weighted by atomic mass is 9.91. The van der Waals surface area contributed by atoms with E-state index in [1.165, 1.54) is 0 Å². The van der Waals surface area contributed by atoms with Gasteiger partial charge in [-0.1, -0.05) is 19.9 Å². The monoisotopic (exact) mass is 292 g/mol. The zero-order valence-corrected chi connectivity index (χ0v) is 13.5. The van der Waals surface area contributed by atoms with Gasteiger partial charge >= 0.3 is 0 Å². The second-order valence-electron chi connectivity index (χ2n) is 6.23. The highest BCUT2D eigenvalue weighted by Gasteiger charge is 2.20. The van der Waals surface area contributed by atoms with Crippen molar-refractivity contribution in [3.8, 4) is 0 Å². The summed E-state index contributed by atoms with van der Waals surface area (Å²) < 4.78 is 5.80. The third-order valence-electron chi connectivity index (χ3n) is 4.56. The van der Waals surface area contributed by atoms with E-state index in [2.05, 4.69) is 37.4 Å². The standard InChI is InChI=1S/C17H28N2O2/c1-13-4-5-17(12-14(13)2)21-11-8-18-16-6-9-19(10-7-16)15(3)20/h4-5,12-14,16,18H,6-11H2,1-3H3/t13-,14+/m0/s1. The topological polar surface area (TPSA) is 41.6 Å². The van der Waals surface area contributed by atoms with Gasteiger partial charge in [-0.3, -0.25) is 4.79 Å². The van der Waals surface area contributed by atoms with Crippen LogP contribution in [0.1, 0.15) is 33.6 Å². The van der Waals surface area contributed by atoms with Gasteiger partial charge in [-0.15, -0.1) is 0 Å². The molecule has 21 heavy (non-hydrogen) atoms. The molecule has 1 N–H and O–H groups in total. The van der Waals surface area contributed by atoms with E-state index < -0.39 is 0 Å². The van der Waals surface area contributed by atoms with Crippen LogP contribution in [0, 0.1) is 11.8 Å². The number of rotatable bonds is 5. The van der Waals surface area contributed by atoms with Crippen molar-refractivity contribution < 1.29 is 9.53 Å². The molecule has 4 nitrogen and oxygen atoms in total. The number of piperidine rings is 1. The maximum absolute atomic E-state index is 11.3. The van der Waals surface area contributed by atoms with Crippen molar-refractivity contribution in [1.82, 2.24) is 10.2 Å². The Bertz CT molecular complexity index is 409. The lowest BCUT2D eigenvalue weighted by molar-refractivity contribution is -0.129. The Labute approximate surface area is 128 Å². The van der Waals surface area contributed by atoms with Crippen LogP contribution in [-0.4, -0.2) is 43.1 Å². The molecule has 0 radical (unpaired) electrons. The molecular weight excluding hydrogens is 264 g/mol. The molecule has 0 unspecified atom stereocenters. The van der Waals surface area contributed by atoms with E-state index in [0.29, 0.717) is 24.5 Å². The smallest absolute Gasteiger partial charge is 0.219 e. The average molecular weight is 292 g/mol. The van der Waals surface area contributed by atoms with Gasteiger partial charge in [0.1, 0.15) is 12.4 Å². The highest BCUT2D eigenvalue weighted by Crippen LogP contribution is 2.22. The molecule has 0 saturated carbocycles. The quantitative estimate of drug-likeness (QED) is 0.791. The SMILES string of the molecule is CC(=O)N1CCC(NCCOC2=C[C@@H](C)[C@@H](C)C=C2)CC1. The van der Waals surface area contributed by atoms with Crippen LogP contribution in [0.4, 0.5) is 0 Å². The van der Waals surface area contributed by atoms with Gasteiger partial charge in [0.2, 0.25) is 5.91 Å². The number of hydrogen-bond donors (Lipinski definition) is 1.